The van der Waals surface area contributed by atoms with Crippen LogP contribution in [0.25, 0.3) is 28.5 Å². The zero-order chi connectivity index (χ0) is 20.4. The highest BCUT2D eigenvalue weighted by molar-refractivity contribution is 5.90. The Morgan fingerprint density at radius 2 is 1.97 bits per heavy atom. The van der Waals surface area contributed by atoms with Gasteiger partial charge >= 0.3 is 0 Å². The maximum absolute atomic E-state index is 14.4. The van der Waals surface area contributed by atoms with Gasteiger partial charge in [-0.2, -0.15) is 5.10 Å². The summed E-state index contributed by atoms with van der Waals surface area (Å²) in [6.07, 6.45) is 4.81. The average Bonchev–Trinajstić information content (AvgIpc) is 3.24. The first-order valence-corrected chi connectivity index (χ1v) is 8.55. The van der Waals surface area contributed by atoms with E-state index in [9.17, 15) is 9.18 Å². The van der Waals surface area contributed by atoms with E-state index >= 15 is 0 Å². The molecule has 9 heteroatoms. The molecule has 0 aliphatic rings. The van der Waals surface area contributed by atoms with E-state index in [1.807, 2.05) is 0 Å². The molecular formula is C20H15FN6O2. The Bertz CT molecular complexity index is 1210. The molecule has 144 valence electrons. The largest absolute Gasteiger partial charge is 0.496 e. The number of amides is 1. The third-order valence-corrected chi connectivity index (χ3v) is 4.17. The number of aromatic nitrogens is 5. The molecule has 0 spiro atoms. The zero-order valence-electron chi connectivity index (χ0n) is 15.3. The molecule has 0 aliphatic carbocycles. The summed E-state index contributed by atoms with van der Waals surface area (Å²) in [6, 6.07) is 11.1. The lowest BCUT2D eigenvalue weighted by Gasteiger charge is -2.08. The van der Waals surface area contributed by atoms with E-state index in [1.54, 1.807) is 42.7 Å². The Balaban J connectivity index is 1.72. The number of halogens is 1. The molecule has 1 aromatic carbocycles. The van der Waals surface area contributed by atoms with Crippen molar-refractivity contribution >= 4 is 5.91 Å². The van der Waals surface area contributed by atoms with Crippen LogP contribution in [0, 0.1) is 5.82 Å². The van der Waals surface area contributed by atoms with Gasteiger partial charge in [0.15, 0.2) is 11.6 Å². The van der Waals surface area contributed by atoms with Crippen LogP contribution < -0.4 is 10.5 Å². The number of rotatable bonds is 5. The monoisotopic (exact) mass is 390 g/mol. The number of methoxy groups -OCH3 is 1. The summed E-state index contributed by atoms with van der Waals surface area (Å²) in [7, 11) is 1.46. The molecule has 3 heterocycles. The number of nitrogens with two attached hydrogens (primary N) is 1. The van der Waals surface area contributed by atoms with Crippen molar-refractivity contribution < 1.29 is 13.9 Å². The minimum Gasteiger partial charge on any atom is -0.496 e. The number of carbonyl (C=O) groups is 1. The minimum absolute atomic E-state index is 0.135. The maximum atomic E-state index is 14.4. The Hall–Kier alpha value is -4.14. The van der Waals surface area contributed by atoms with Crippen molar-refractivity contribution in [3.8, 4) is 34.2 Å². The summed E-state index contributed by atoms with van der Waals surface area (Å²) in [4.78, 5) is 24.1. The first-order valence-electron chi connectivity index (χ1n) is 8.55. The minimum atomic E-state index is -0.626. The number of nitrogens with zero attached hydrogens (tertiary/aromatic N) is 5. The Morgan fingerprint density at radius 1 is 1.14 bits per heavy atom. The number of benzene rings is 1. The summed E-state index contributed by atoms with van der Waals surface area (Å²) >= 11 is 0. The van der Waals surface area contributed by atoms with Gasteiger partial charge in [0.25, 0.3) is 5.91 Å². The molecule has 29 heavy (non-hydrogen) atoms. The molecule has 2 N–H and O–H groups in total. The van der Waals surface area contributed by atoms with E-state index in [0.29, 0.717) is 22.8 Å². The lowest BCUT2D eigenvalue weighted by Crippen LogP contribution is -2.14. The molecule has 4 aromatic rings. The second-order valence-corrected chi connectivity index (χ2v) is 6.00. The first kappa shape index (κ1) is 18.2. The SMILES string of the molecule is COc1cccc(F)c1-c1nccc(-c2cnn(-c3cccc(C(N)=O)n3)c2)n1. The van der Waals surface area contributed by atoms with E-state index in [2.05, 4.69) is 20.1 Å². The third kappa shape index (κ3) is 3.53. The molecule has 1 amide bonds. The molecular weight excluding hydrogens is 375 g/mol. The van der Waals surface area contributed by atoms with Crippen LogP contribution in [-0.2, 0) is 0 Å². The summed E-state index contributed by atoms with van der Waals surface area (Å²) < 4.78 is 21.1. The van der Waals surface area contributed by atoms with Crippen molar-refractivity contribution in [1.82, 2.24) is 24.7 Å². The Kier molecular flexibility index (Phi) is 4.70. The highest BCUT2D eigenvalue weighted by atomic mass is 19.1. The van der Waals surface area contributed by atoms with Crippen LogP contribution in [0.15, 0.2) is 61.1 Å². The number of hydrogen-bond acceptors (Lipinski definition) is 6. The molecule has 0 radical (unpaired) electrons. The van der Waals surface area contributed by atoms with Crippen molar-refractivity contribution in [2.75, 3.05) is 7.11 Å². The quantitative estimate of drug-likeness (QED) is 0.561. The molecule has 0 bridgehead atoms. The zero-order valence-corrected chi connectivity index (χ0v) is 15.3. The topological polar surface area (TPSA) is 109 Å². The van der Waals surface area contributed by atoms with Gasteiger partial charge < -0.3 is 10.5 Å². The molecule has 0 fully saturated rings. The molecule has 0 atom stereocenters. The smallest absolute Gasteiger partial charge is 0.267 e. The molecule has 4 rings (SSSR count). The van der Waals surface area contributed by atoms with Crippen LogP contribution in [0.3, 0.4) is 0 Å². The summed E-state index contributed by atoms with van der Waals surface area (Å²) in [5, 5.41) is 4.26. The first-order chi connectivity index (χ1) is 14.1. The number of carbonyl (C=O) groups excluding carboxylic acids is 1. The maximum Gasteiger partial charge on any atom is 0.267 e. The van der Waals surface area contributed by atoms with E-state index in [4.69, 9.17) is 10.5 Å². The fourth-order valence-electron chi connectivity index (χ4n) is 2.80. The van der Waals surface area contributed by atoms with Gasteiger partial charge in [-0.05, 0) is 30.3 Å². The number of pyridine rings is 1. The molecule has 0 aliphatic heterocycles. The molecule has 8 nitrogen and oxygen atoms in total. The predicted octanol–water partition coefficient (Wildman–Crippen LogP) is 2.64. The van der Waals surface area contributed by atoms with E-state index < -0.39 is 11.7 Å². The normalized spacial score (nSPS) is 10.7. The molecule has 0 saturated heterocycles. The van der Waals surface area contributed by atoms with Gasteiger partial charge in [-0.25, -0.2) is 24.0 Å². The van der Waals surface area contributed by atoms with Gasteiger partial charge in [0.1, 0.15) is 17.3 Å². The van der Waals surface area contributed by atoms with Crippen LogP contribution in [0.4, 0.5) is 4.39 Å². The van der Waals surface area contributed by atoms with Crippen LogP contribution in [0.5, 0.6) is 5.75 Å². The van der Waals surface area contributed by atoms with Gasteiger partial charge in [-0.3, -0.25) is 4.79 Å². The molecule has 3 aromatic heterocycles. The fourth-order valence-corrected chi connectivity index (χ4v) is 2.80. The van der Waals surface area contributed by atoms with Crippen molar-refractivity contribution in [3.05, 3.63) is 72.6 Å². The average molecular weight is 390 g/mol. The highest BCUT2D eigenvalue weighted by Crippen LogP contribution is 2.31. The second-order valence-electron chi connectivity index (χ2n) is 6.00. The lowest BCUT2D eigenvalue weighted by atomic mass is 10.1. The summed E-state index contributed by atoms with van der Waals surface area (Å²) in [5.74, 6) is -0.148. The molecule has 0 unspecified atom stereocenters. The van der Waals surface area contributed by atoms with E-state index in [-0.39, 0.29) is 17.1 Å². The molecule has 0 saturated carbocycles. The van der Waals surface area contributed by atoms with E-state index in [0.717, 1.165) is 0 Å². The van der Waals surface area contributed by atoms with Crippen LogP contribution >= 0.6 is 0 Å². The van der Waals surface area contributed by atoms with Crippen LogP contribution in [-0.4, -0.2) is 37.7 Å². The standard InChI is InChI=1S/C20H15FN6O2/c1-29-16-6-2-4-13(21)18(16)20-23-9-8-14(26-20)12-10-24-27(11-12)17-7-3-5-15(25-17)19(22)28/h2-11H,1H3,(H2,22,28). The van der Waals surface area contributed by atoms with Gasteiger partial charge in [0.05, 0.1) is 24.6 Å². The van der Waals surface area contributed by atoms with Gasteiger partial charge in [0, 0.05) is 18.0 Å². The highest BCUT2D eigenvalue weighted by Gasteiger charge is 2.16. The van der Waals surface area contributed by atoms with Crippen LogP contribution in [0.1, 0.15) is 10.5 Å². The second kappa shape index (κ2) is 7.47. The summed E-state index contributed by atoms with van der Waals surface area (Å²) in [6.45, 7) is 0. The third-order valence-electron chi connectivity index (χ3n) is 4.17. The number of ether oxygens (including phenoxy) is 1. The van der Waals surface area contributed by atoms with E-state index in [1.165, 1.54) is 30.1 Å². The Labute approximate surface area is 164 Å². The van der Waals surface area contributed by atoms with Gasteiger partial charge in [-0.15, -0.1) is 0 Å². The predicted molar refractivity (Wildman–Crippen MR) is 103 cm³/mol. The van der Waals surface area contributed by atoms with Crippen molar-refractivity contribution in [2.45, 2.75) is 0 Å². The lowest BCUT2D eigenvalue weighted by molar-refractivity contribution is 0.0995. The van der Waals surface area contributed by atoms with Crippen LogP contribution in [0.2, 0.25) is 0 Å². The van der Waals surface area contributed by atoms with Gasteiger partial charge in [0.2, 0.25) is 0 Å². The van der Waals surface area contributed by atoms with Crippen molar-refractivity contribution in [2.24, 2.45) is 5.73 Å². The number of primary amides is 1. The number of hydrogen-bond donors (Lipinski definition) is 1. The van der Waals surface area contributed by atoms with Gasteiger partial charge in [-0.1, -0.05) is 12.1 Å². The summed E-state index contributed by atoms with van der Waals surface area (Å²) in [5.41, 5.74) is 6.79. The van der Waals surface area contributed by atoms with Crippen molar-refractivity contribution in [3.63, 3.8) is 0 Å². The Morgan fingerprint density at radius 3 is 2.76 bits per heavy atom. The van der Waals surface area contributed by atoms with Crippen molar-refractivity contribution in [1.29, 1.82) is 0 Å². The fraction of sp³-hybridized carbons (Fsp3) is 0.0500.